The van der Waals surface area contributed by atoms with Gasteiger partial charge >= 0.3 is 5.97 Å². The highest BCUT2D eigenvalue weighted by Gasteiger charge is 2.22. The van der Waals surface area contributed by atoms with E-state index in [9.17, 15) is 14.7 Å². The van der Waals surface area contributed by atoms with E-state index >= 15 is 0 Å². The number of nitrogens with one attached hydrogen (secondary N) is 1. The summed E-state index contributed by atoms with van der Waals surface area (Å²) in [5, 5.41) is 12.2. The van der Waals surface area contributed by atoms with Crippen LogP contribution in [0.1, 0.15) is 10.4 Å². The van der Waals surface area contributed by atoms with Gasteiger partial charge in [0.25, 0.3) is 5.91 Å². The van der Waals surface area contributed by atoms with E-state index in [0.29, 0.717) is 5.56 Å². The van der Waals surface area contributed by atoms with Gasteiger partial charge in [-0.1, -0.05) is 66.7 Å². The Morgan fingerprint density at radius 3 is 2.11 bits per heavy atom. The van der Waals surface area contributed by atoms with Gasteiger partial charge in [-0.25, -0.2) is 4.79 Å². The highest BCUT2D eigenvalue weighted by atomic mass is 32.2. The number of carbonyl (C=O) groups is 2. The number of thioether (sulfide) groups is 1. The van der Waals surface area contributed by atoms with Crippen LogP contribution < -0.4 is 5.32 Å². The number of carboxylic acids is 1. The largest absolute Gasteiger partial charge is 0.480 e. The van der Waals surface area contributed by atoms with E-state index in [0.717, 1.165) is 16.0 Å². The van der Waals surface area contributed by atoms with Gasteiger partial charge in [0.15, 0.2) is 0 Å². The summed E-state index contributed by atoms with van der Waals surface area (Å²) in [5.41, 5.74) is 2.14. The van der Waals surface area contributed by atoms with Gasteiger partial charge in [0, 0.05) is 16.2 Å². The zero-order valence-electron chi connectivity index (χ0n) is 14.5. The molecule has 0 bridgehead atoms. The van der Waals surface area contributed by atoms with Gasteiger partial charge in [-0.2, -0.15) is 0 Å². The molecule has 3 aromatic rings. The predicted molar refractivity (Wildman–Crippen MR) is 108 cm³/mol. The number of carbonyl (C=O) groups excluding carboxylic acids is 1. The van der Waals surface area contributed by atoms with Crippen molar-refractivity contribution in [2.75, 3.05) is 5.75 Å². The fourth-order valence-electron chi connectivity index (χ4n) is 2.66. The number of hydrogen-bond donors (Lipinski definition) is 2. The molecule has 1 amide bonds. The Labute approximate surface area is 162 Å². The Morgan fingerprint density at radius 1 is 0.852 bits per heavy atom. The average Bonchev–Trinajstić information content (AvgIpc) is 2.72. The maximum absolute atomic E-state index is 12.8. The first kappa shape index (κ1) is 18.7. The first-order valence-electron chi connectivity index (χ1n) is 8.51. The van der Waals surface area contributed by atoms with Crippen LogP contribution in [0, 0.1) is 0 Å². The molecule has 0 fully saturated rings. The fourth-order valence-corrected chi connectivity index (χ4v) is 3.59. The van der Waals surface area contributed by atoms with Gasteiger partial charge in [-0.05, 0) is 29.3 Å². The Balaban J connectivity index is 1.76. The number of benzene rings is 3. The predicted octanol–water partition coefficient (Wildman–Crippen LogP) is 4.33. The minimum Gasteiger partial charge on any atom is -0.480 e. The van der Waals surface area contributed by atoms with Crippen molar-refractivity contribution in [3.8, 4) is 11.1 Å². The van der Waals surface area contributed by atoms with Crippen LogP contribution in [-0.2, 0) is 4.79 Å². The van der Waals surface area contributed by atoms with Crippen molar-refractivity contribution in [1.29, 1.82) is 0 Å². The minimum atomic E-state index is -1.05. The van der Waals surface area contributed by atoms with Crippen molar-refractivity contribution in [2.45, 2.75) is 10.9 Å². The third-order valence-electron chi connectivity index (χ3n) is 4.02. The monoisotopic (exact) mass is 377 g/mol. The quantitative estimate of drug-likeness (QED) is 0.602. The first-order chi connectivity index (χ1) is 13.1. The van der Waals surface area contributed by atoms with Gasteiger partial charge in [-0.3, -0.25) is 4.79 Å². The van der Waals surface area contributed by atoms with Crippen LogP contribution in [0.25, 0.3) is 11.1 Å². The summed E-state index contributed by atoms with van der Waals surface area (Å²) in [7, 11) is 0. The smallest absolute Gasteiger partial charge is 0.327 e. The Morgan fingerprint density at radius 2 is 1.44 bits per heavy atom. The summed E-state index contributed by atoms with van der Waals surface area (Å²) >= 11 is 1.40. The lowest BCUT2D eigenvalue weighted by Crippen LogP contribution is -2.42. The molecule has 0 aliphatic rings. The molecule has 1 atom stereocenters. The van der Waals surface area contributed by atoms with Crippen LogP contribution in [0.4, 0.5) is 0 Å². The van der Waals surface area contributed by atoms with E-state index in [1.165, 1.54) is 11.8 Å². The number of rotatable bonds is 7. The standard InChI is InChI=1S/C22H19NO3S/c24-21(19-14-8-7-13-18(19)16-9-3-1-4-10-16)23-20(22(25)26)15-27-17-11-5-2-6-12-17/h1-14,20H,15H2,(H,23,24)(H,25,26)/t20-/m0/s1. The lowest BCUT2D eigenvalue weighted by atomic mass is 9.99. The molecular formula is C22H19NO3S. The summed E-state index contributed by atoms with van der Waals surface area (Å²) in [6.45, 7) is 0. The Hall–Kier alpha value is -3.05. The van der Waals surface area contributed by atoms with Gasteiger partial charge in [0.2, 0.25) is 0 Å². The van der Waals surface area contributed by atoms with Crippen molar-refractivity contribution in [2.24, 2.45) is 0 Å². The van der Waals surface area contributed by atoms with Gasteiger partial charge in [0.1, 0.15) is 6.04 Å². The lowest BCUT2D eigenvalue weighted by Gasteiger charge is -2.16. The second kappa shape index (κ2) is 9.05. The molecule has 0 heterocycles. The molecule has 0 aromatic heterocycles. The fraction of sp³-hybridized carbons (Fsp3) is 0.0909. The summed E-state index contributed by atoms with van der Waals surface area (Å²) < 4.78 is 0. The molecule has 0 aliphatic heterocycles. The van der Waals surface area contributed by atoms with Crippen LogP contribution in [0.2, 0.25) is 0 Å². The number of carboxylic acid groups (broad SMARTS) is 1. The molecule has 0 aliphatic carbocycles. The summed E-state index contributed by atoms with van der Waals surface area (Å²) in [6.07, 6.45) is 0. The van der Waals surface area contributed by atoms with Gasteiger partial charge < -0.3 is 10.4 Å². The molecule has 5 heteroatoms. The average molecular weight is 377 g/mol. The Kier molecular flexibility index (Phi) is 6.28. The molecule has 2 N–H and O–H groups in total. The third kappa shape index (κ3) is 4.99. The SMILES string of the molecule is O=C(N[C@@H](CSc1ccccc1)C(=O)O)c1ccccc1-c1ccccc1. The summed E-state index contributed by atoms with van der Waals surface area (Å²) in [4.78, 5) is 25.4. The number of amides is 1. The van der Waals surface area contributed by atoms with Crippen LogP contribution in [-0.4, -0.2) is 28.8 Å². The van der Waals surface area contributed by atoms with Crippen molar-refractivity contribution < 1.29 is 14.7 Å². The van der Waals surface area contributed by atoms with E-state index in [2.05, 4.69) is 5.32 Å². The maximum atomic E-state index is 12.8. The van der Waals surface area contributed by atoms with Gasteiger partial charge in [-0.15, -0.1) is 11.8 Å². The highest BCUT2D eigenvalue weighted by molar-refractivity contribution is 7.99. The van der Waals surface area contributed by atoms with Gasteiger partial charge in [0.05, 0.1) is 0 Å². The van der Waals surface area contributed by atoms with Crippen LogP contribution in [0.3, 0.4) is 0 Å². The molecule has 3 rings (SSSR count). The molecule has 4 nitrogen and oxygen atoms in total. The van der Waals surface area contributed by atoms with Crippen molar-refractivity contribution >= 4 is 23.6 Å². The number of hydrogen-bond acceptors (Lipinski definition) is 3. The molecule has 0 radical (unpaired) electrons. The highest BCUT2D eigenvalue weighted by Crippen LogP contribution is 2.24. The molecule has 0 saturated carbocycles. The van der Waals surface area contributed by atoms with Crippen molar-refractivity contribution in [3.05, 3.63) is 90.5 Å². The normalized spacial score (nSPS) is 11.6. The van der Waals surface area contributed by atoms with Crippen LogP contribution in [0.5, 0.6) is 0 Å². The molecule has 0 saturated heterocycles. The van der Waals surface area contributed by atoms with Crippen LogP contribution >= 0.6 is 11.8 Å². The van der Waals surface area contributed by atoms with Crippen molar-refractivity contribution in [1.82, 2.24) is 5.32 Å². The number of aliphatic carboxylic acids is 1. The van der Waals surface area contributed by atoms with E-state index in [4.69, 9.17) is 0 Å². The van der Waals surface area contributed by atoms with E-state index in [-0.39, 0.29) is 5.75 Å². The minimum absolute atomic E-state index is 0.249. The van der Waals surface area contributed by atoms with E-state index < -0.39 is 17.9 Å². The molecule has 0 spiro atoms. The Bertz CT molecular complexity index is 913. The summed E-state index contributed by atoms with van der Waals surface area (Å²) in [6, 6.07) is 25.3. The molecule has 0 unspecified atom stereocenters. The third-order valence-corrected chi connectivity index (χ3v) is 5.13. The molecular weight excluding hydrogens is 358 g/mol. The molecule has 3 aromatic carbocycles. The topological polar surface area (TPSA) is 66.4 Å². The zero-order valence-corrected chi connectivity index (χ0v) is 15.4. The van der Waals surface area contributed by atoms with Crippen molar-refractivity contribution in [3.63, 3.8) is 0 Å². The second-order valence-corrected chi connectivity index (χ2v) is 6.99. The molecule has 136 valence electrons. The zero-order chi connectivity index (χ0) is 19.1. The summed E-state index contributed by atoms with van der Waals surface area (Å²) in [5.74, 6) is -1.20. The van der Waals surface area contributed by atoms with Crippen LogP contribution in [0.15, 0.2) is 89.8 Å². The second-order valence-electron chi connectivity index (χ2n) is 5.90. The van der Waals surface area contributed by atoms with E-state index in [1.807, 2.05) is 72.8 Å². The maximum Gasteiger partial charge on any atom is 0.327 e. The van der Waals surface area contributed by atoms with E-state index in [1.54, 1.807) is 12.1 Å². The lowest BCUT2D eigenvalue weighted by molar-refractivity contribution is -0.138. The first-order valence-corrected chi connectivity index (χ1v) is 9.49. The molecule has 27 heavy (non-hydrogen) atoms.